The Hall–Kier alpha value is -2.38. The molecule has 0 atom stereocenters. The standard InChI is InChI=1S/C12H17N3O5/c1-8(2)15(7-11(18)19)10(17)6-14-5-4-9(16)13(3)12(14)20/h4-5,8H,6-7H2,1-3H3,(H,18,19). The van der Waals surface area contributed by atoms with Crippen LogP contribution in [0.5, 0.6) is 0 Å². The Kier molecular flexibility index (Phi) is 4.84. The van der Waals surface area contributed by atoms with E-state index in [0.29, 0.717) is 0 Å². The molecule has 1 amide bonds. The molecule has 0 aromatic carbocycles. The molecule has 0 bridgehead atoms. The second-order valence-electron chi connectivity index (χ2n) is 4.63. The monoisotopic (exact) mass is 283 g/mol. The zero-order chi connectivity index (χ0) is 15.4. The van der Waals surface area contributed by atoms with Gasteiger partial charge in [-0.25, -0.2) is 4.79 Å². The maximum Gasteiger partial charge on any atom is 0.331 e. The minimum absolute atomic E-state index is 0.304. The highest BCUT2D eigenvalue weighted by Crippen LogP contribution is 2.00. The summed E-state index contributed by atoms with van der Waals surface area (Å²) in [6.45, 7) is 2.63. The van der Waals surface area contributed by atoms with Crippen molar-refractivity contribution in [3.05, 3.63) is 33.1 Å². The summed E-state index contributed by atoms with van der Waals surface area (Å²) in [5.74, 6) is -1.62. The van der Waals surface area contributed by atoms with Crippen LogP contribution in [0.25, 0.3) is 0 Å². The second-order valence-corrected chi connectivity index (χ2v) is 4.63. The van der Waals surface area contributed by atoms with Crippen molar-refractivity contribution in [3.63, 3.8) is 0 Å². The summed E-state index contributed by atoms with van der Waals surface area (Å²) in [6, 6.07) is 0.868. The molecule has 0 radical (unpaired) electrons. The van der Waals surface area contributed by atoms with Crippen molar-refractivity contribution in [1.82, 2.24) is 14.0 Å². The summed E-state index contributed by atoms with van der Waals surface area (Å²) in [5.41, 5.74) is -1.09. The Labute approximate surface area is 114 Å². The van der Waals surface area contributed by atoms with Gasteiger partial charge in [-0.1, -0.05) is 0 Å². The van der Waals surface area contributed by atoms with E-state index < -0.39 is 29.7 Å². The van der Waals surface area contributed by atoms with Gasteiger partial charge in [0.25, 0.3) is 5.56 Å². The fourth-order valence-corrected chi connectivity index (χ4v) is 1.68. The average molecular weight is 283 g/mol. The number of hydrogen-bond acceptors (Lipinski definition) is 4. The van der Waals surface area contributed by atoms with Gasteiger partial charge in [0.2, 0.25) is 5.91 Å². The van der Waals surface area contributed by atoms with Gasteiger partial charge >= 0.3 is 11.7 Å². The zero-order valence-electron chi connectivity index (χ0n) is 11.6. The van der Waals surface area contributed by atoms with E-state index >= 15 is 0 Å². The number of aromatic nitrogens is 2. The number of carboxylic acids is 1. The lowest BCUT2D eigenvalue weighted by atomic mass is 10.3. The first-order valence-electron chi connectivity index (χ1n) is 6.01. The fourth-order valence-electron chi connectivity index (χ4n) is 1.68. The third kappa shape index (κ3) is 3.56. The Bertz CT molecular complexity index is 629. The molecule has 0 aliphatic carbocycles. The lowest BCUT2D eigenvalue weighted by Gasteiger charge is -2.25. The third-order valence-corrected chi connectivity index (χ3v) is 2.82. The second kappa shape index (κ2) is 6.18. The van der Waals surface area contributed by atoms with Crippen molar-refractivity contribution in [3.8, 4) is 0 Å². The van der Waals surface area contributed by atoms with Crippen molar-refractivity contribution in [2.45, 2.75) is 26.4 Å². The lowest BCUT2D eigenvalue weighted by Crippen LogP contribution is -2.45. The minimum Gasteiger partial charge on any atom is -0.480 e. The summed E-state index contributed by atoms with van der Waals surface area (Å²) < 4.78 is 1.95. The SMILES string of the molecule is CC(C)N(CC(=O)O)C(=O)Cn1ccc(=O)n(C)c1=O. The predicted octanol–water partition coefficient (Wildman–Crippen LogP) is -1.13. The first-order valence-corrected chi connectivity index (χ1v) is 6.01. The van der Waals surface area contributed by atoms with Crippen LogP contribution in [0.1, 0.15) is 13.8 Å². The number of carboxylic acid groups (broad SMARTS) is 1. The maximum atomic E-state index is 12.1. The number of rotatable bonds is 5. The molecular formula is C12H17N3O5. The minimum atomic E-state index is -1.13. The van der Waals surface area contributed by atoms with Gasteiger partial charge < -0.3 is 10.0 Å². The number of hydrogen-bond donors (Lipinski definition) is 1. The molecule has 0 aliphatic heterocycles. The molecule has 110 valence electrons. The lowest BCUT2D eigenvalue weighted by molar-refractivity contribution is -0.146. The fraction of sp³-hybridized carbons (Fsp3) is 0.500. The molecule has 0 fully saturated rings. The summed E-state index contributed by atoms with van der Waals surface area (Å²) in [6.07, 6.45) is 1.22. The summed E-state index contributed by atoms with van der Waals surface area (Å²) in [7, 11) is 1.31. The van der Waals surface area contributed by atoms with Gasteiger partial charge in [-0.15, -0.1) is 0 Å². The Morgan fingerprint density at radius 2 is 1.95 bits per heavy atom. The van der Waals surface area contributed by atoms with Gasteiger partial charge in [-0.05, 0) is 13.8 Å². The molecule has 1 aromatic rings. The van der Waals surface area contributed by atoms with E-state index in [1.807, 2.05) is 0 Å². The van der Waals surface area contributed by atoms with Crippen LogP contribution in [0.4, 0.5) is 0 Å². The van der Waals surface area contributed by atoms with Crippen molar-refractivity contribution >= 4 is 11.9 Å². The van der Waals surface area contributed by atoms with E-state index in [4.69, 9.17) is 5.11 Å². The highest BCUT2D eigenvalue weighted by atomic mass is 16.4. The molecule has 0 unspecified atom stereocenters. The van der Waals surface area contributed by atoms with Crippen LogP contribution in [-0.2, 0) is 23.2 Å². The van der Waals surface area contributed by atoms with Crippen LogP contribution < -0.4 is 11.2 Å². The topological polar surface area (TPSA) is 102 Å². The molecule has 1 rings (SSSR count). The first-order chi connectivity index (χ1) is 9.23. The van der Waals surface area contributed by atoms with Crippen molar-refractivity contribution in [1.29, 1.82) is 0 Å². The van der Waals surface area contributed by atoms with Crippen LogP contribution in [0.3, 0.4) is 0 Å². The number of amides is 1. The zero-order valence-corrected chi connectivity index (χ0v) is 11.6. The summed E-state index contributed by atoms with van der Waals surface area (Å²) >= 11 is 0. The van der Waals surface area contributed by atoms with E-state index in [1.165, 1.54) is 19.3 Å². The van der Waals surface area contributed by atoms with Gasteiger partial charge in [0.1, 0.15) is 13.1 Å². The first kappa shape index (κ1) is 15.7. The van der Waals surface area contributed by atoms with Gasteiger partial charge in [-0.3, -0.25) is 23.5 Å². The smallest absolute Gasteiger partial charge is 0.331 e. The van der Waals surface area contributed by atoms with Crippen molar-refractivity contribution in [2.24, 2.45) is 7.05 Å². The average Bonchev–Trinajstić information content (AvgIpc) is 2.36. The normalized spacial score (nSPS) is 10.6. The molecule has 20 heavy (non-hydrogen) atoms. The largest absolute Gasteiger partial charge is 0.480 e. The molecule has 1 aromatic heterocycles. The van der Waals surface area contributed by atoms with Crippen LogP contribution >= 0.6 is 0 Å². The molecule has 0 spiro atoms. The molecule has 1 heterocycles. The van der Waals surface area contributed by atoms with Crippen LogP contribution in [0, 0.1) is 0 Å². The van der Waals surface area contributed by atoms with E-state index in [1.54, 1.807) is 13.8 Å². The number of nitrogens with zero attached hydrogens (tertiary/aromatic N) is 3. The van der Waals surface area contributed by atoms with E-state index in [0.717, 1.165) is 14.0 Å². The Balaban J connectivity index is 3.00. The molecule has 0 aliphatic rings. The molecule has 8 heteroatoms. The van der Waals surface area contributed by atoms with Crippen LogP contribution in [0.2, 0.25) is 0 Å². The van der Waals surface area contributed by atoms with E-state index in [9.17, 15) is 19.2 Å². The number of carbonyl (C=O) groups excluding carboxylic acids is 1. The van der Waals surface area contributed by atoms with Crippen molar-refractivity contribution in [2.75, 3.05) is 6.54 Å². The van der Waals surface area contributed by atoms with E-state index in [-0.39, 0.29) is 12.6 Å². The van der Waals surface area contributed by atoms with Gasteiger partial charge in [0.05, 0.1) is 0 Å². The van der Waals surface area contributed by atoms with Gasteiger partial charge in [0.15, 0.2) is 0 Å². The van der Waals surface area contributed by atoms with Gasteiger partial charge in [-0.2, -0.15) is 0 Å². The van der Waals surface area contributed by atoms with Crippen molar-refractivity contribution < 1.29 is 14.7 Å². The maximum absolute atomic E-state index is 12.1. The third-order valence-electron chi connectivity index (χ3n) is 2.82. The molecular weight excluding hydrogens is 266 g/mol. The predicted molar refractivity (Wildman–Crippen MR) is 70.4 cm³/mol. The highest BCUT2D eigenvalue weighted by molar-refractivity contribution is 5.81. The Morgan fingerprint density at radius 3 is 2.45 bits per heavy atom. The number of aliphatic carboxylic acids is 1. The Morgan fingerprint density at radius 1 is 1.35 bits per heavy atom. The summed E-state index contributed by atoms with van der Waals surface area (Å²) in [5, 5.41) is 8.77. The summed E-state index contributed by atoms with van der Waals surface area (Å²) in [4.78, 5) is 47.0. The van der Waals surface area contributed by atoms with E-state index in [2.05, 4.69) is 0 Å². The van der Waals surface area contributed by atoms with Crippen LogP contribution in [-0.4, -0.2) is 43.6 Å². The molecule has 0 saturated carbocycles. The quantitative estimate of drug-likeness (QED) is 0.736. The molecule has 1 N–H and O–H groups in total. The highest BCUT2D eigenvalue weighted by Gasteiger charge is 2.20. The molecule has 8 nitrogen and oxygen atoms in total. The number of carbonyl (C=O) groups is 2. The van der Waals surface area contributed by atoms with Crippen LogP contribution in [0.15, 0.2) is 21.9 Å². The van der Waals surface area contributed by atoms with Gasteiger partial charge in [0, 0.05) is 25.4 Å². The molecule has 0 saturated heterocycles.